The van der Waals surface area contributed by atoms with Gasteiger partial charge in [0.2, 0.25) is 0 Å². The van der Waals surface area contributed by atoms with Crippen LogP contribution >= 0.6 is 23.2 Å². The number of benzene rings is 1. The molecule has 4 nitrogen and oxygen atoms in total. The van der Waals surface area contributed by atoms with Crippen LogP contribution in [0.25, 0.3) is 10.9 Å². The lowest BCUT2D eigenvalue weighted by Crippen LogP contribution is -2.33. The quantitative estimate of drug-likeness (QED) is 0.666. The molecule has 1 aromatic carbocycles. The highest BCUT2D eigenvalue weighted by molar-refractivity contribution is 6.39. The molecule has 4 rings (SSSR count). The summed E-state index contributed by atoms with van der Waals surface area (Å²) in [7, 11) is 1.96. The molecular weight excluding hydrogens is 343 g/mol. The van der Waals surface area contributed by atoms with Gasteiger partial charge in [-0.1, -0.05) is 23.2 Å². The molecule has 3 aromatic rings. The second kappa shape index (κ2) is 6.26. The lowest BCUT2D eigenvalue weighted by molar-refractivity contribution is 0.503. The van der Waals surface area contributed by atoms with E-state index < -0.39 is 0 Å². The Morgan fingerprint density at radius 3 is 2.50 bits per heavy atom. The molecule has 0 atom stereocenters. The first-order valence-electron chi connectivity index (χ1n) is 8.10. The van der Waals surface area contributed by atoms with Gasteiger partial charge in [0.1, 0.15) is 5.82 Å². The van der Waals surface area contributed by atoms with Crippen LogP contribution in [0.5, 0.6) is 0 Å². The second-order valence-corrected chi connectivity index (χ2v) is 7.12. The van der Waals surface area contributed by atoms with E-state index in [2.05, 4.69) is 16.2 Å². The molecule has 0 bridgehead atoms. The maximum absolute atomic E-state index is 6.30. The van der Waals surface area contributed by atoms with Crippen LogP contribution in [-0.4, -0.2) is 27.9 Å². The van der Waals surface area contributed by atoms with Crippen molar-refractivity contribution >= 4 is 39.9 Å². The van der Waals surface area contributed by atoms with Crippen molar-refractivity contribution in [1.29, 1.82) is 0 Å². The van der Waals surface area contributed by atoms with Gasteiger partial charge in [-0.3, -0.25) is 4.68 Å². The predicted molar refractivity (Wildman–Crippen MR) is 99.2 cm³/mol. The lowest BCUT2D eigenvalue weighted by atomic mass is 9.91. The molecule has 124 valence electrons. The largest absolute Gasteiger partial charge is 0.357 e. The van der Waals surface area contributed by atoms with Crippen molar-refractivity contribution in [3.05, 3.63) is 52.3 Å². The average molecular weight is 361 g/mol. The van der Waals surface area contributed by atoms with E-state index in [1.54, 1.807) is 6.07 Å². The van der Waals surface area contributed by atoms with Gasteiger partial charge in [-0.05, 0) is 48.6 Å². The third-order valence-electron chi connectivity index (χ3n) is 4.76. The minimum Gasteiger partial charge on any atom is -0.357 e. The monoisotopic (exact) mass is 360 g/mol. The normalized spacial score (nSPS) is 16.0. The smallest absolute Gasteiger partial charge is 0.129 e. The molecule has 1 aliphatic rings. The van der Waals surface area contributed by atoms with Crippen LogP contribution in [0.4, 0.5) is 5.82 Å². The van der Waals surface area contributed by atoms with Gasteiger partial charge in [0.05, 0.1) is 21.8 Å². The van der Waals surface area contributed by atoms with Crippen molar-refractivity contribution in [2.45, 2.75) is 18.8 Å². The van der Waals surface area contributed by atoms with Crippen LogP contribution in [0.15, 0.2) is 36.7 Å². The van der Waals surface area contributed by atoms with Crippen molar-refractivity contribution in [2.75, 3.05) is 18.0 Å². The number of hydrogen-bond acceptors (Lipinski definition) is 3. The molecule has 3 heterocycles. The standard InChI is InChI=1S/C18H18Cl2N4/c1-23-11-13(10-21-23)12-6-8-24(9-7-12)17-5-2-14-15(19)3-4-16(20)18(14)22-17/h2-5,10-12H,6-9H2,1H3. The van der Waals surface area contributed by atoms with Gasteiger partial charge in [0.25, 0.3) is 0 Å². The number of halogens is 2. The summed E-state index contributed by atoms with van der Waals surface area (Å²) < 4.78 is 1.87. The molecule has 0 aliphatic carbocycles. The van der Waals surface area contributed by atoms with Crippen molar-refractivity contribution in [3.63, 3.8) is 0 Å². The number of rotatable bonds is 2. The van der Waals surface area contributed by atoms with E-state index in [9.17, 15) is 0 Å². The van der Waals surface area contributed by atoms with Gasteiger partial charge in [0.15, 0.2) is 0 Å². The number of nitrogens with zero attached hydrogens (tertiary/aromatic N) is 4. The number of anilines is 1. The van der Waals surface area contributed by atoms with E-state index >= 15 is 0 Å². The molecular formula is C18H18Cl2N4. The van der Waals surface area contributed by atoms with Gasteiger partial charge in [-0.25, -0.2) is 4.98 Å². The molecule has 24 heavy (non-hydrogen) atoms. The van der Waals surface area contributed by atoms with Gasteiger partial charge in [-0.15, -0.1) is 0 Å². The molecule has 0 amide bonds. The Balaban J connectivity index is 1.55. The Kier molecular flexibility index (Phi) is 4.10. The summed E-state index contributed by atoms with van der Waals surface area (Å²) in [6, 6.07) is 7.67. The Morgan fingerprint density at radius 1 is 1.04 bits per heavy atom. The topological polar surface area (TPSA) is 34.0 Å². The first-order chi connectivity index (χ1) is 11.6. The SMILES string of the molecule is Cn1cc(C2CCN(c3ccc4c(Cl)ccc(Cl)c4n3)CC2)cn1. The third-order valence-corrected chi connectivity index (χ3v) is 5.39. The van der Waals surface area contributed by atoms with E-state index in [1.165, 1.54) is 5.56 Å². The number of fused-ring (bicyclic) bond motifs is 1. The molecule has 1 aliphatic heterocycles. The van der Waals surface area contributed by atoms with E-state index in [-0.39, 0.29) is 0 Å². The Morgan fingerprint density at radius 2 is 1.79 bits per heavy atom. The number of piperidine rings is 1. The zero-order valence-electron chi connectivity index (χ0n) is 13.4. The van der Waals surface area contributed by atoms with Gasteiger partial charge in [-0.2, -0.15) is 5.10 Å². The lowest BCUT2D eigenvalue weighted by Gasteiger charge is -2.32. The van der Waals surface area contributed by atoms with Crippen LogP contribution in [0.3, 0.4) is 0 Å². The summed E-state index contributed by atoms with van der Waals surface area (Å²) in [5.74, 6) is 1.55. The van der Waals surface area contributed by atoms with Crippen LogP contribution in [-0.2, 0) is 7.05 Å². The van der Waals surface area contributed by atoms with Crippen LogP contribution in [0.2, 0.25) is 10.0 Å². The summed E-state index contributed by atoms with van der Waals surface area (Å²) >= 11 is 12.5. The highest BCUT2D eigenvalue weighted by atomic mass is 35.5. The summed E-state index contributed by atoms with van der Waals surface area (Å²) in [5.41, 5.74) is 2.11. The van der Waals surface area contributed by atoms with Crippen LogP contribution < -0.4 is 4.90 Å². The summed E-state index contributed by atoms with van der Waals surface area (Å²) in [6.07, 6.45) is 6.32. The van der Waals surface area contributed by atoms with Gasteiger partial charge < -0.3 is 4.90 Å². The van der Waals surface area contributed by atoms with Gasteiger partial charge in [0, 0.05) is 31.7 Å². The summed E-state index contributed by atoms with van der Waals surface area (Å²) in [4.78, 5) is 7.08. The third kappa shape index (κ3) is 2.85. The molecule has 0 unspecified atom stereocenters. The molecule has 0 saturated carbocycles. The van der Waals surface area contributed by atoms with Crippen molar-refractivity contribution in [3.8, 4) is 0 Å². The van der Waals surface area contributed by atoms with Crippen molar-refractivity contribution in [1.82, 2.24) is 14.8 Å². The Bertz CT molecular complexity index is 882. The van der Waals surface area contributed by atoms with Crippen molar-refractivity contribution < 1.29 is 0 Å². The van der Waals surface area contributed by atoms with E-state index in [0.29, 0.717) is 16.0 Å². The molecule has 0 radical (unpaired) electrons. The van der Waals surface area contributed by atoms with E-state index in [0.717, 1.165) is 42.7 Å². The fraction of sp³-hybridized carbons (Fsp3) is 0.333. The zero-order chi connectivity index (χ0) is 16.7. The zero-order valence-corrected chi connectivity index (χ0v) is 14.9. The number of pyridine rings is 1. The van der Waals surface area contributed by atoms with Crippen LogP contribution in [0, 0.1) is 0 Å². The highest BCUT2D eigenvalue weighted by Crippen LogP contribution is 2.33. The maximum atomic E-state index is 6.30. The molecule has 1 fully saturated rings. The van der Waals surface area contributed by atoms with Crippen molar-refractivity contribution in [2.24, 2.45) is 7.05 Å². The minimum atomic E-state index is 0.577. The maximum Gasteiger partial charge on any atom is 0.129 e. The molecule has 1 saturated heterocycles. The predicted octanol–water partition coefficient (Wildman–Crippen LogP) is 4.66. The fourth-order valence-corrected chi connectivity index (χ4v) is 3.83. The molecule has 0 N–H and O–H groups in total. The Hall–Kier alpha value is -1.78. The average Bonchev–Trinajstić information content (AvgIpc) is 3.05. The fourth-order valence-electron chi connectivity index (χ4n) is 3.41. The summed E-state index contributed by atoms with van der Waals surface area (Å²) in [6.45, 7) is 1.96. The van der Waals surface area contributed by atoms with E-state index in [1.807, 2.05) is 36.1 Å². The summed E-state index contributed by atoms with van der Waals surface area (Å²) in [5, 5.41) is 6.51. The van der Waals surface area contributed by atoms with E-state index in [4.69, 9.17) is 28.2 Å². The number of hydrogen-bond donors (Lipinski definition) is 0. The minimum absolute atomic E-state index is 0.577. The number of aromatic nitrogens is 3. The highest BCUT2D eigenvalue weighted by Gasteiger charge is 2.22. The molecule has 0 spiro atoms. The second-order valence-electron chi connectivity index (χ2n) is 6.30. The Labute approximate surface area is 151 Å². The molecule has 6 heteroatoms. The van der Waals surface area contributed by atoms with Gasteiger partial charge >= 0.3 is 0 Å². The number of aryl methyl sites for hydroxylation is 1. The first-order valence-corrected chi connectivity index (χ1v) is 8.85. The first kappa shape index (κ1) is 15.7. The molecule has 2 aromatic heterocycles. The van der Waals surface area contributed by atoms with Crippen LogP contribution in [0.1, 0.15) is 24.3 Å².